The van der Waals surface area contributed by atoms with Crippen molar-refractivity contribution in [1.82, 2.24) is 15.3 Å². The van der Waals surface area contributed by atoms with Gasteiger partial charge in [0.25, 0.3) is 11.6 Å². The number of aryl methyl sites for hydroxylation is 2. The number of carbonyl (C=O) groups excluding carboxylic acids is 1. The number of ether oxygens (including phenoxy) is 2. The minimum Gasteiger partial charge on any atom is -0.493 e. The molecule has 0 radical (unpaired) electrons. The van der Waals surface area contributed by atoms with Gasteiger partial charge in [-0.3, -0.25) is 14.9 Å². The molecule has 0 bridgehead atoms. The van der Waals surface area contributed by atoms with Gasteiger partial charge >= 0.3 is 0 Å². The van der Waals surface area contributed by atoms with Gasteiger partial charge in [-0.1, -0.05) is 0 Å². The Bertz CT molecular complexity index is 1380. The first kappa shape index (κ1) is 23.2. The third-order valence-corrected chi connectivity index (χ3v) is 6.56. The molecule has 0 spiro atoms. The molecule has 1 aromatic carbocycles. The molecule has 10 nitrogen and oxygen atoms in total. The second kappa shape index (κ2) is 9.48. The Morgan fingerprint density at radius 1 is 1.21 bits per heavy atom. The zero-order chi connectivity index (χ0) is 24.4. The number of nitrogens with zero attached hydrogens (tertiary/aromatic N) is 3. The van der Waals surface area contributed by atoms with E-state index in [0.717, 1.165) is 16.6 Å². The third kappa shape index (κ3) is 4.29. The number of hydrogen-bond donors (Lipinski definition) is 1. The monoisotopic (exact) mass is 482 g/mol. The SMILES string of the molecule is COc1cc(CCNC(=O)c2sc3nc(-c4ccco4)nc(C)c3c2C)c([N+](=O)[O-])cc1OC. The van der Waals surface area contributed by atoms with Crippen LogP contribution < -0.4 is 14.8 Å². The lowest BCUT2D eigenvalue weighted by Gasteiger charge is -2.11. The van der Waals surface area contributed by atoms with Crippen LogP contribution in [0.1, 0.15) is 26.5 Å². The van der Waals surface area contributed by atoms with Crippen LogP contribution in [0.25, 0.3) is 21.8 Å². The number of thiophene rings is 1. The number of carbonyl (C=O) groups is 1. The molecule has 3 aromatic heterocycles. The lowest BCUT2D eigenvalue weighted by molar-refractivity contribution is -0.385. The molecular formula is C23H22N4O6S. The van der Waals surface area contributed by atoms with Gasteiger partial charge < -0.3 is 19.2 Å². The molecule has 0 aliphatic rings. The summed E-state index contributed by atoms with van der Waals surface area (Å²) in [5.74, 6) is 1.40. The molecule has 1 amide bonds. The van der Waals surface area contributed by atoms with Crippen LogP contribution in [-0.4, -0.2) is 41.6 Å². The minimum atomic E-state index is -0.479. The number of methoxy groups -OCH3 is 2. The Morgan fingerprint density at radius 3 is 2.59 bits per heavy atom. The molecule has 34 heavy (non-hydrogen) atoms. The van der Waals surface area contributed by atoms with Crippen molar-refractivity contribution >= 4 is 33.1 Å². The molecule has 4 rings (SSSR count). The van der Waals surface area contributed by atoms with Gasteiger partial charge in [-0.15, -0.1) is 11.3 Å². The fourth-order valence-corrected chi connectivity index (χ4v) is 4.89. The van der Waals surface area contributed by atoms with E-state index in [-0.39, 0.29) is 30.3 Å². The summed E-state index contributed by atoms with van der Waals surface area (Å²) < 4.78 is 15.8. The highest BCUT2D eigenvalue weighted by Gasteiger charge is 2.22. The minimum absolute atomic E-state index is 0.0960. The first-order chi connectivity index (χ1) is 16.3. The lowest BCUT2D eigenvalue weighted by atomic mass is 10.1. The molecule has 0 saturated heterocycles. The Balaban J connectivity index is 1.55. The van der Waals surface area contributed by atoms with E-state index >= 15 is 0 Å². The van der Waals surface area contributed by atoms with Gasteiger partial charge in [0.2, 0.25) is 0 Å². The van der Waals surface area contributed by atoms with E-state index in [1.807, 2.05) is 13.8 Å². The second-order valence-corrected chi connectivity index (χ2v) is 8.44. The summed E-state index contributed by atoms with van der Waals surface area (Å²) >= 11 is 1.27. The van der Waals surface area contributed by atoms with E-state index in [1.54, 1.807) is 24.5 Å². The van der Waals surface area contributed by atoms with Crippen molar-refractivity contribution in [3.8, 4) is 23.1 Å². The van der Waals surface area contributed by atoms with Crippen molar-refractivity contribution < 1.29 is 23.6 Å². The smallest absolute Gasteiger partial charge is 0.276 e. The van der Waals surface area contributed by atoms with Crippen LogP contribution in [0.3, 0.4) is 0 Å². The quantitative estimate of drug-likeness (QED) is 0.288. The molecule has 176 valence electrons. The maximum Gasteiger partial charge on any atom is 0.276 e. The predicted molar refractivity (Wildman–Crippen MR) is 127 cm³/mol. The van der Waals surface area contributed by atoms with E-state index in [2.05, 4.69) is 15.3 Å². The summed E-state index contributed by atoms with van der Waals surface area (Å²) in [5.41, 5.74) is 1.88. The highest BCUT2D eigenvalue weighted by molar-refractivity contribution is 7.20. The number of hydrogen-bond acceptors (Lipinski definition) is 9. The summed E-state index contributed by atoms with van der Waals surface area (Å²) in [4.78, 5) is 34.3. The topological polar surface area (TPSA) is 130 Å². The summed E-state index contributed by atoms with van der Waals surface area (Å²) in [6.45, 7) is 3.93. The third-order valence-electron chi connectivity index (χ3n) is 5.38. The molecule has 3 heterocycles. The number of aromatic nitrogens is 2. The van der Waals surface area contributed by atoms with Crippen molar-refractivity contribution in [1.29, 1.82) is 0 Å². The van der Waals surface area contributed by atoms with Gasteiger partial charge in [-0.25, -0.2) is 9.97 Å². The van der Waals surface area contributed by atoms with Gasteiger partial charge in [0, 0.05) is 17.5 Å². The lowest BCUT2D eigenvalue weighted by Crippen LogP contribution is -2.25. The zero-order valence-corrected chi connectivity index (χ0v) is 19.8. The summed E-state index contributed by atoms with van der Waals surface area (Å²) in [7, 11) is 2.88. The van der Waals surface area contributed by atoms with Gasteiger partial charge in [-0.05, 0) is 44.0 Å². The molecule has 0 unspecified atom stereocenters. The number of benzene rings is 1. The van der Waals surface area contributed by atoms with Crippen LogP contribution in [-0.2, 0) is 6.42 Å². The van der Waals surface area contributed by atoms with Gasteiger partial charge in [-0.2, -0.15) is 0 Å². The van der Waals surface area contributed by atoms with Crippen molar-refractivity contribution in [2.75, 3.05) is 20.8 Å². The van der Waals surface area contributed by atoms with E-state index in [4.69, 9.17) is 13.9 Å². The fraction of sp³-hybridized carbons (Fsp3) is 0.261. The Labute approximate surface area is 198 Å². The first-order valence-corrected chi connectivity index (χ1v) is 11.1. The number of nitrogens with one attached hydrogen (secondary N) is 1. The Morgan fingerprint density at radius 2 is 1.94 bits per heavy atom. The molecule has 0 aliphatic carbocycles. The summed E-state index contributed by atoms with van der Waals surface area (Å²) in [6, 6.07) is 6.43. The van der Waals surface area contributed by atoms with Crippen LogP contribution in [0, 0.1) is 24.0 Å². The first-order valence-electron chi connectivity index (χ1n) is 10.3. The normalized spacial score (nSPS) is 10.9. The molecule has 1 N–H and O–H groups in total. The molecule has 4 aromatic rings. The zero-order valence-electron chi connectivity index (χ0n) is 19.0. The van der Waals surface area contributed by atoms with Crippen molar-refractivity contribution in [3.05, 3.63) is 62.3 Å². The van der Waals surface area contributed by atoms with Crippen molar-refractivity contribution in [2.24, 2.45) is 0 Å². The van der Waals surface area contributed by atoms with Gasteiger partial charge in [0.05, 0.1) is 42.0 Å². The largest absolute Gasteiger partial charge is 0.493 e. The molecule has 11 heteroatoms. The van der Waals surface area contributed by atoms with E-state index in [0.29, 0.717) is 32.6 Å². The second-order valence-electron chi connectivity index (χ2n) is 7.45. The number of fused-ring (bicyclic) bond motifs is 1. The van der Waals surface area contributed by atoms with E-state index in [9.17, 15) is 14.9 Å². The predicted octanol–water partition coefficient (Wildman–Crippen LogP) is 4.47. The maximum atomic E-state index is 12.9. The van der Waals surface area contributed by atoms with Crippen molar-refractivity contribution in [3.63, 3.8) is 0 Å². The number of amides is 1. The van der Waals surface area contributed by atoms with Crippen LogP contribution in [0.15, 0.2) is 34.9 Å². The van der Waals surface area contributed by atoms with Crippen LogP contribution in [0.4, 0.5) is 5.69 Å². The maximum absolute atomic E-state index is 12.9. The van der Waals surface area contributed by atoms with Crippen LogP contribution in [0.2, 0.25) is 0 Å². The number of furan rings is 1. The Kier molecular flexibility index (Phi) is 6.46. The van der Waals surface area contributed by atoms with Crippen molar-refractivity contribution in [2.45, 2.75) is 20.3 Å². The van der Waals surface area contributed by atoms with Gasteiger partial charge in [0.15, 0.2) is 23.1 Å². The number of rotatable bonds is 8. The highest BCUT2D eigenvalue weighted by atomic mass is 32.1. The molecule has 0 saturated carbocycles. The van der Waals surface area contributed by atoms with Crippen LogP contribution >= 0.6 is 11.3 Å². The Hall–Kier alpha value is -3.99. The molecule has 0 aliphatic heterocycles. The number of nitro groups is 1. The molecule has 0 atom stereocenters. The van der Waals surface area contributed by atoms with Gasteiger partial charge in [0.1, 0.15) is 4.83 Å². The summed E-state index contributed by atoms with van der Waals surface area (Å²) in [5, 5.41) is 15.2. The average molecular weight is 483 g/mol. The average Bonchev–Trinajstić information content (AvgIpc) is 3.47. The molecule has 0 fully saturated rings. The summed E-state index contributed by atoms with van der Waals surface area (Å²) in [6.07, 6.45) is 1.80. The fourth-order valence-electron chi connectivity index (χ4n) is 3.74. The van der Waals surface area contributed by atoms with Crippen LogP contribution in [0.5, 0.6) is 11.5 Å². The number of nitro benzene ring substituents is 1. The van der Waals surface area contributed by atoms with E-state index < -0.39 is 4.92 Å². The highest BCUT2D eigenvalue weighted by Crippen LogP contribution is 2.35. The standard InChI is InChI=1S/C23H22N4O6S/c1-12-19-13(2)25-21(16-6-5-9-33-16)26-23(19)34-20(12)22(28)24-8-7-14-10-17(31-3)18(32-4)11-15(14)27(29)30/h5-6,9-11H,7-8H2,1-4H3,(H,24,28). The molecular weight excluding hydrogens is 460 g/mol. The van der Waals surface area contributed by atoms with E-state index in [1.165, 1.54) is 31.6 Å².